The maximum Gasteiger partial charge on any atom is 0.416 e. The smallest absolute Gasteiger partial charge is 0.354 e. The second-order valence-electron chi connectivity index (χ2n) is 4.01. The lowest BCUT2D eigenvalue weighted by atomic mass is 10.1. The first-order valence-electron chi connectivity index (χ1n) is 5.54. The second kappa shape index (κ2) is 5.55. The molecule has 0 amide bonds. The summed E-state index contributed by atoms with van der Waals surface area (Å²) in [7, 11) is 0. The molecule has 0 heterocycles. The molecule has 102 valence electrons. The fraction of sp³-hybridized carbons (Fsp3) is 0.0714. The number of alkyl halides is 3. The molecule has 0 radical (unpaired) electrons. The third-order valence-electron chi connectivity index (χ3n) is 2.57. The molecule has 2 rings (SSSR count). The Bertz CT molecular complexity index is 675. The van der Waals surface area contributed by atoms with Gasteiger partial charge >= 0.3 is 6.18 Å². The maximum absolute atomic E-state index is 12.6. The molecule has 0 fully saturated rings. The molecule has 0 bridgehead atoms. The van der Waals surface area contributed by atoms with Crippen LogP contribution in [0.2, 0.25) is 0 Å². The Kier molecular flexibility index (Phi) is 4.00. The number of nitriles is 1. The monoisotopic (exact) mass is 340 g/mol. The van der Waals surface area contributed by atoms with Crippen molar-refractivity contribution in [2.24, 2.45) is 0 Å². The van der Waals surface area contributed by atoms with Gasteiger partial charge in [0.25, 0.3) is 0 Å². The highest BCUT2D eigenvalue weighted by Crippen LogP contribution is 2.32. The van der Waals surface area contributed by atoms with Crippen LogP contribution >= 0.6 is 15.9 Å². The first-order valence-corrected chi connectivity index (χ1v) is 6.33. The fourth-order valence-electron chi connectivity index (χ4n) is 1.65. The molecule has 0 aliphatic carbocycles. The van der Waals surface area contributed by atoms with Gasteiger partial charge in [-0.15, -0.1) is 0 Å². The van der Waals surface area contributed by atoms with Gasteiger partial charge < -0.3 is 5.32 Å². The largest absolute Gasteiger partial charge is 0.416 e. The van der Waals surface area contributed by atoms with Crippen LogP contribution < -0.4 is 5.32 Å². The van der Waals surface area contributed by atoms with Crippen molar-refractivity contribution in [1.29, 1.82) is 5.26 Å². The van der Waals surface area contributed by atoms with Crippen molar-refractivity contribution in [3.05, 3.63) is 58.1 Å². The van der Waals surface area contributed by atoms with Crippen LogP contribution in [0.15, 0.2) is 46.9 Å². The van der Waals surface area contributed by atoms with Crippen LogP contribution in [0.5, 0.6) is 0 Å². The van der Waals surface area contributed by atoms with Crippen molar-refractivity contribution in [2.45, 2.75) is 6.18 Å². The lowest BCUT2D eigenvalue weighted by Crippen LogP contribution is -2.05. The molecule has 2 aromatic rings. The number of rotatable bonds is 2. The fourth-order valence-corrected chi connectivity index (χ4v) is 2.01. The zero-order valence-electron chi connectivity index (χ0n) is 10.0. The van der Waals surface area contributed by atoms with Crippen LogP contribution in [0, 0.1) is 11.3 Å². The Hall–Kier alpha value is -2.00. The maximum atomic E-state index is 12.6. The minimum absolute atomic E-state index is 0.273. The highest BCUT2D eigenvalue weighted by Gasteiger charge is 2.30. The van der Waals surface area contributed by atoms with Crippen molar-refractivity contribution in [3.63, 3.8) is 0 Å². The topological polar surface area (TPSA) is 35.8 Å². The summed E-state index contributed by atoms with van der Waals surface area (Å²) in [5, 5.41) is 11.8. The second-order valence-corrected chi connectivity index (χ2v) is 4.92. The molecule has 20 heavy (non-hydrogen) atoms. The molecule has 0 spiro atoms. The Morgan fingerprint density at radius 2 is 1.85 bits per heavy atom. The quantitative estimate of drug-likeness (QED) is 0.827. The van der Waals surface area contributed by atoms with E-state index in [0.717, 1.165) is 16.6 Å². The normalized spacial score (nSPS) is 10.9. The third-order valence-corrected chi connectivity index (χ3v) is 3.06. The molecule has 6 heteroatoms. The molecule has 2 nitrogen and oxygen atoms in total. The van der Waals surface area contributed by atoms with Crippen LogP contribution in [0.3, 0.4) is 0 Å². The van der Waals surface area contributed by atoms with E-state index in [1.165, 1.54) is 12.1 Å². The summed E-state index contributed by atoms with van der Waals surface area (Å²) in [6, 6.07) is 11.7. The molecule has 0 aromatic heterocycles. The first kappa shape index (κ1) is 14.4. The zero-order chi connectivity index (χ0) is 14.8. The molecule has 0 unspecified atom stereocenters. The third kappa shape index (κ3) is 3.31. The standard InChI is InChI=1S/C14H8BrF3N2/c15-11-5-4-9(8-19)13(7-11)20-12-3-1-2-10(6-12)14(16,17)18/h1-7,20H. The summed E-state index contributed by atoms with van der Waals surface area (Å²) in [5.41, 5.74) is 0.331. The van der Waals surface area contributed by atoms with E-state index in [-0.39, 0.29) is 5.69 Å². The van der Waals surface area contributed by atoms with Crippen LogP contribution in [0.25, 0.3) is 0 Å². The summed E-state index contributed by atoms with van der Waals surface area (Å²) >= 11 is 3.26. The van der Waals surface area contributed by atoms with Gasteiger partial charge in [-0.05, 0) is 36.4 Å². The van der Waals surface area contributed by atoms with Crippen molar-refractivity contribution in [2.75, 3.05) is 5.32 Å². The average molecular weight is 341 g/mol. The molecular formula is C14H8BrF3N2. The highest BCUT2D eigenvalue weighted by molar-refractivity contribution is 9.10. The van der Waals surface area contributed by atoms with Gasteiger partial charge in [0.1, 0.15) is 6.07 Å². The molecule has 0 saturated heterocycles. The van der Waals surface area contributed by atoms with Crippen molar-refractivity contribution < 1.29 is 13.2 Å². The van der Waals surface area contributed by atoms with Gasteiger partial charge in [0.2, 0.25) is 0 Å². The minimum Gasteiger partial charge on any atom is -0.354 e. The van der Waals surface area contributed by atoms with Crippen LogP contribution in [-0.2, 0) is 6.18 Å². The zero-order valence-corrected chi connectivity index (χ0v) is 11.6. The van der Waals surface area contributed by atoms with E-state index in [1.807, 2.05) is 6.07 Å². The van der Waals surface area contributed by atoms with Gasteiger partial charge in [0.15, 0.2) is 0 Å². The molecule has 2 aromatic carbocycles. The van der Waals surface area contributed by atoms with Crippen molar-refractivity contribution in [3.8, 4) is 6.07 Å². The Balaban J connectivity index is 2.36. The number of hydrogen-bond donors (Lipinski definition) is 1. The van der Waals surface area contributed by atoms with E-state index < -0.39 is 11.7 Å². The molecule has 0 aliphatic heterocycles. The molecular weight excluding hydrogens is 333 g/mol. The van der Waals surface area contributed by atoms with Crippen molar-refractivity contribution in [1.82, 2.24) is 0 Å². The van der Waals surface area contributed by atoms with E-state index in [1.54, 1.807) is 18.2 Å². The van der Waals surface area contributed by atoms with Crippen molar-refractivity contribution >= 4 is 27.3 Å². The predicted octanol–water partition coefficient (Wildman–Crippen LogP) is 5.08. The average Bonchev–Trinajstić information content (AvgIpc) is 2.38. The summed E-state index contributed by atoms with van der Waals surface area (Å²) < 4.78 is 38.6. The summed E-state index contributed by atoms with van der Waals surface area (Å²) in [6.45, 7) is 0. The van der Waals surface area contributed by atoms with E-state index in [4.69, 9.17) is 5.26 Å². The van der Waals surface area contributed by atoms with E-state index in [2.05, 4.69) is 21.2 Å². The summed E-state index contributed by atoms with van der Waals surface area (Å²) in [4.78, 5) is 0. The first-order chi connectivity index (χ1) is 9.40. The SMILES string of the molecule is N#Cc1ccc(Br)cc1Nc1cccc(C(F)(F)F)c1. The minimum atomic E-state index is -4.40. The van der Waals surface area contributed by atoms with Crippen LogP contribution in [0.1, 0.15) is 11.1 Å². The molecule has 0 atom stereocenters. The van der Waals surface area contributed by atoms with Gasteiger partial charge in [-0.25, -0.2) is 0 Å². The van der Waals surface area contributed by atoms with Gasteiger partial charge in [-0.3, -0.25) is 0 Å². The van der Waals surface area contributed by atoms with Gasteiger partial charge in [0.05, 0.1) is 16.8 Å². The Morgan fingerprint density at radius 3 is 2.50 bits per heavy atom. The lowest BCUT2D eigenvalue weighted by molar-refractivity contribution is -0.137. The molecule has 0 saturated carbocycles. The summed E-state index contributed by atoms with van der Waals surface area (Å²) in [6.07, 6.45) is -4.40. The van der Waals surface area contributed by atoms with Crippen LogP contribution in [0.4, 0.5) is 24.5 Å². The molecule has 0 aliphatic rings. The summed E-state index contributed by atoms with van der Waals surface area (Å²) in [5.74, 6) is 0. The highest BCUT2D eigenvalue weighted by atomic mass is 79.9. The Labute approximate surface area is 122 Å². The Morgan fingerprint density at radius 1 is 1.10 bits per heavy atom. The van der Waals surface area contributed by atoms with E-state index in [0.29, 0.717) is 11.3 Å². The number of halogens is 4. The lowest BCUT2D eigenvalue weighted by Gasteiger charge is -2.11. The van der Waals surface area contributed by atoms with Gasteiger partial charge in [0, 0.05) is 10.2 Å². The number of nitrogens with one attached hydrogen (secondary N) is 1. The van der Waals surface area contributed by atoms with Gasteiger partial charge in [-0.2, -0.15) is 18.4 Å². The number of anilines is 2. The molecule has 1 N–H and O–H groups in total. The number of benzene rings is 2. The van der Waals surface area contributed by atoms with E-state index >= 15 is 0 Å². The van der Waals surface area contributed by atoms with Gasteiger partial charge in [-0.1, -0.05) is 22.0 Å². The van der Waals surface area contributed by atoms with Crippen LogP contribution in [-0.4, -0.2) is 0 Å². The van der Waals surface area contributed by atoms with E-state index in [9.17, 15) is 13.2 Å². The predicted molar refractivity (Wildman–Crippen MR) is 73.6 cm³/mol. The number of nitrogens with zero attached hydrogens (tertiary/aromatic N) is 1. The number of hydrogen-bond acceptors (Lipinski definition) is 2.